The van der Waals surface area contributed by atoms with E-state index in [0.29, 0.717) is 69.3 Å². The molecular formula is C32H50Cl2N6O4S. The van der Waals surface area contributed by atoms with Crippen molar-refractivity contribution in [2.75, 3.05) is 32.7 Å². The van der Waals surface area contributed by atoms with Crippen LogP contribution in [0, 0.1) is 19.8 Å². The van der Waals surface area contributed by atoms with Gasteiger partial charge in [0, 0.05) is 50.5 Å². The number of hydrogen-bond acceptors (Lipinski definition) is 6. The molecule has 5 rings (SSSR count). The number of halogens is 2. The number of carbonyl (C=O) groups excluding carboxylic acids is 2. The van der Waals surface area contributed by atoms with E-state index in [2.05, 4.69) is 31.0 Å². The smallest absolute Gasteiger partial charge is 0.246 e. The van der Waals surface area contributed by atoms with Crippen molar-refractivity contribution in [3.05, 3.63) is 41.2 Å². The molecule has 13 heteroatoms. The fourth-order valence-corrected chi connectivity index (χ4v) is 8.46. The quantitative estimate of drug-likeness (QED) is 0.391. The van der Waals surface area contributed by atoms with Crippen molar-refractivity contribution in [2.45, 2.75) is 103 Å². The Morgan fingerprint density at radius 1 is 1.00 bits per heavy atom. The first kappa shape index (κ1) is 37.3. The number of piperazine rings is 1. The summed E-state index contributed by atoms with van der Waals surface area (Å²) in [5.74, 6) is 0.401. The molecule has 0 bridgehead atoms. The first-order valence-corrected chi connectivity index (χ1v) is 17.4. The Balaban J connectivity index is 0.00000276. The average Bonchev–Trinajstić information content (AvgIpc) is 3.62. The van der Waals surface area contributed by atoms with Crippen molar-refractivity contribution < 1.29 is 18.0 Å². The average molecular weight is 686 g/mol. The van der Waals surface area contributed by atoms with Gasteiger partial charge >= 0.3 is 0 Å². The molecule has 10 nitrogen and oxygen atoms in total. The van der Waals surface area contributed by atoms with Gasteiger partial charge in [-0.05, 0) is 82.6 Å². The van der Waals surface area contributed by atoms with E-state index in [1.807, 2.05) is 35.6 Å². The van der Waals surface area contributed by atoms with Crippen molar-refractivity contribution in [3.8, 4) is 5.69 Å². The predicted molar refractivity (Wildman–Crippen MR) is 181 cm³/mol. The van der Waals surface area contributed by atoms with Gasteiger partial charge in [0.1, 0.15) is 11.6 Å². The molecule has 2 aromatic rings. The molecule has 1 atom stereocenters. The summed E-state index contributed by atoms with van der Waals surface area (Å²) < 4.78 is 29.4. The first-order valence-electron chi connectivity index (χ1n) is 16.0. The normalized spacial score (nSPS) is 20.8. The fourth-order valence-electron chi connectivity index (χ4n) is 6.94. The zero-order valence-electron chi connectivity index (χ0n) is 27.3. The van der Waals surface area contributed by atoms with Crippen LogP contribution >= 0.6 is 24.8 Å². The minimum Gasteiger partial charge on any atom is -0.342 e. The molecule has 4 heterocycles. The van der Waals surface area contributed by atoms with Gasteiger partial charge in [-0.1, -0.05) is 27.2 Å². The Labute approximate surface area is 281 Å². The summed E-state index contributed by atoms with van der Waals surface area (Å²) in [7, 11) is -3.46. The van der Waals surface area contributed by atoms with Crippen LogP contribution in [0.25, 0.3) is 5.69 Å². The van der Waals surface area contributed by atoms with Gasteiger partial charge in [0.15, 0.2) is 0 Å². The summed E-state index contributed by atoms with van der Waals surface area (Å²) in [5, 5.41) is 7.91. The number of benzene rings is 1. The number of carbonyl (C=O) groups is 2. The van der Waals surface area contributed by atoms with Gasteiger partial charge in [0.05, 0.1) is 16.3 Å². The SMILES string of the molecule is CCCCN1C(=O)[C@H](CC(C)C)NC(=O)C12CCN(Cc1c(C)nn(-c3ccc(S(=O)(=O)N4CCCC4)cc3)c1C)CC2.Cl.Cl. The van der Waals surface area contributed by atoms with Crippen molar-refractivity contribution in [3.63, 3.8) is 0 Å². The van der Waals surface area contributed by atoms with Gasteiger partial charge in [-0.15, -0.1) is 24.8 Å². The van der Waals surface area contributed by atoms with Gasteiger partial charge in [-0.2, -0.15) is 9.40 Å². The summed E-state index contributed by atoms with van der Waals surface area (Å²) in [5.41, 5.74) is 3.12. The van der Waals surface area contributed by atoms with E-state index in [0.717, 1.165) is 48.3 Å². The highest BCUT2D eigenvalue weighted by molar-refractivity contribution is 7.89. The molecule has 3 fully saturated rings. The van der Waals surface area contributed by atoms with Gasteiger partial charge in [0.25, 0.3) is 0 Å². The van der Waals surface area contributed by atoms with Gasteiger partial charge in [-0.3, -0.25) is 14.5 Å². The predicted octanol–water partition coefficient (Wildman–Crippen LogP) is 4.63. The second-order valence-corrected chi connectivity index (χ2v) is 14.9. The lowest BCUT2D eigenvalue weighted by molar-refractivity contribution is -0.161. The Bertz CT molecular complexity index is 1430. The number of aromatic nitrogens is 2. The van der Waals surface area contributed by atoms with Gasteiger partial charge in [-0.25, -0.2) is 13.1 Å². The van der Waals surface area contributed by atoms with Crippen LogP contribution in [0.15, 0.2) is 29.2 Å². The van der Waals surface area contributed by atoms with Crippen LogP contribution in [0.1, 0.15) is 82.7 Å². The maximum atomic E-state index is 13.6. The molecular weight excluding hydrogens is 635 g/mol. The lowest BCUT2D eigenvalue weighted by atomic mass is 9.80. The molecule has 3 saturated heterocycles. The number of nitrogens with one attached hydrogen (secondary N) is 1. The summed E-state index contributed by atoms with van der Waals surface area (Å²) in [4.78, 5) is 31.8. The highest BCUT2D eigenvalue weighted by atomic mass is 35.5. The second-order valence-electron chi connectivity index (χ2n) is 13.0. The molecule has 0 saturated carbocycles. The summed E-state index contributed by atoms with van der Waals surface area (Å²) in [6, 6.07) is 6.57. The van der Waals surface area contributed by atoms with Crippen LogP contribution in [0.3, 0.4) is 0 Å². The maximum absolute atomic E-state index is 13.6. The third-order valence-corrected chi connectivity index (χ3v) is 11.5. The van der Waals surface area contributed by atoms with Crippen molar-refractivity contribution in [1.82, 2.24) is 29.2 Å². The van der Waals surface area contributed by atoms with E-state index >= 15 is 0 Å². The number of likely N-dealkylation sites (tertiary alicyclic amines) is 1. The van der Waals surface area contributed by atoms with Crippen LogP contribution in [-0.2, 0) is 26.2 Å². The van der Waals surface area contributed by atoms with E-state index in [9.17, 15) is 18.0 Å². The molecule has 1 aromatic heterocycles. The van der Waals surface area contributed by atoms with E-state index in [1.54, 1.807) is 16.4 Å². The molecule has 0 radical (unpaired) electrons. The molecule has 1 aromatic carbocycles. The molecule has 252 valence electrons. The Morgan fingerprint density at radius 2 is 1.62 bits per heavy atom. The monoisotopic (exact) mass is 684 g/mol. The largest absolute Gasteiger partial charge is 0.342 e. The topological polar surface area (TPSA) is 108 Å². The highest BCUT2D eigenvalue weighted by Gasteiger charge is 2.53. The highest BCUT2D eigenvalue weighted by Crippen LogP contribution is 2.35. The number of aryl methyl sites for hydroxylation is 1. The fraction of sp³-hybridized carbons (Fsp3) is 0.656. The molecule has 0 unspecified atom stereocenters. The van der Waals surface area contributed by atoms with Crippen LogP contribution in [0.2, 0.25) is 0 Å². The molecule has 3 aliphatic heterocycles. The zero-order valence-corrected chi connectivity index (χ0v) is 29.7. The number of rotatable bonds is 10. The van der Waals surface area contributed by atoms with Gasteiger partial charge in [0.2, 0.25) is 21.8 Å². The third kappa shape index (κ3) is 7.38. The van der Waals surface area contributed by atoms with Crippen LogP contribution in [0.4, 0.5) is 0 Å². The summed E-state index contributed by atoms with van der Waals surface area (Å²) in [6.07, 6.45) is 5.57. The van der Waals surface area contributed by atoms with E-state index in [1.165, 1.54) is 0 Å². The standard InChI is InChI=1S/C32H48N6O4S.2ClH/c1-6-7-18-37-30(39)29(21-23(2)3)33-31(40)32(37)14-19-35(20-15-32)22-28-24(4)34-38(25(28)5)26-10-12-27(13-11-26)43(41,42)36-16-8-9-17-36;;/h10-13,23,29H,6-9,14-22H2,1-5H3,(H,33,40);2*1H/t29-;;/m0../s1. The number of nitrogens with zero attached hydrogens (tertiary/aromatic N) is 5. The van der Waals surface area contributed by atoms with Gasteiger partial charge < -0.3 is 10.2 Å². The van der Waals surface area contributed by atoms with Crippen LogP contribution in [0.5, 0.6) is 0 Å². The molecule has 1 spiro atoms. The van der Waals surface area contributed by atoms with Crippen LogP contribution in [-0.4, -0.2) is 88.4 Å². The molecule has 1 N–H and O–H groups in total. The van der Waals surface area contributed by atoms with Crippen molar-refractivity contribution >= 4 is 46.7 Å². The number of unbranched alkanes of at least 4 members (excludes halogenated alkanes) is 1. The number of piperidine rings is 1. The number of sulfonamides is 1. The maximum Gasteiger partial charge on any atom is 0.246 e. The minimum atomic E-state index is -3.46. The second kappa shape index (κ2) is 15.2. The van der Waals surface area contributed by atoms with Crippen molar-refractivity contribution in [1.29, 1.82) is 0 Å². The Kier molecular flexibility index (Phi) is 12.6. The van der Waals surface area contributed by atoms with Crippen molar-refractivity contribution in [2.24, 2.45) is 5.92 Å². The lowest BCUT2D eigenvalue weighted by Crippen LogP contribution is -2.73. The molecule has 0 aliphatic carbocycles. The molecule has 3 aliphatic rings. The zero-order chi connectivity index (χ0) is 30.9. The number of amides is 2. The summed E-state index contributed by atoms with van der Waals surface area (Å²) in [6.45, 7) is 14.3. The first-order chi connectivity index (χ1) is 20.5. The van der Waals surface area contributed by atoms with Crippen LogP contribution < -0.4 is 5.32 Å². The van der Waals surface area contributed by atoms with E-state index in [-0.39, 0.29) is 36.6 Å². The molecule has 45 heavy (non-hydrogen) atoms. The van der Waals surface area contributed by atoms with E-state index < -0.39 is 21.6 Å². The third-order valence-electron chi connectivity index (χ3n) is 9.54. The Hall–Kier alpha value is -2.18. The molecule has 2 amide bonds. The minimum absolute atomic E-state index is 0. The number of hydrogen-bond donors (Lipinski definition) is 1. The van der Waals surface area contributed by atoms with E-state index in [4.69, 9.17) is 5.10 Å². The summed E-state index contributed by atoms with van der Waals surface area (Å²) >= 11 is 0. The lowest BCUT2D eigenvalue weighted by Gasteiger charge is -2.52. The Morgan fingerprint density at radius 3 is 2.20 bits per heavy atom.